The summed E-state index contributed by atoms with van der Waals surface area (Å²) in [7, 11) is 0. The van der Waals surface area contributed by atoms with E-state index in [-0.39, 0.29) is 17.1 Å². The van der Waals surface area contributed by atoms with Gasteiger partial charge in [0.1, 0.15) is 0 Å². The number of nitrogens with one attached hydrogen (secondary N) is 1. The van der Waals surface area contributed by atoms with Crippen molar-refractivity contribution in [2.75, 3.05) is 0 Å². The number of H-pyrrole nitrogens is 1. The molecule has 0 fully saturated rings. The van der Waals surface area contributed by atoms with Crippen LogP contribution in [0.1, 0.15) is 24.2 Å². The van der Waals surface area contributed by atoms with Gasteiger partial charge in [0.05, 0.1) is 10.9 Å². The Morgan fingerprint density at radius 1 is 1.29 bits per heavy atom. The topological polar surface area (TPSA) is 80.1 Å². The molecule has 0 spiro atoms. The van der Waals surface area contributed by atoms with Gasteiger partial charge in [-0.2, -0.15) is 0 Å². The molecule has 0 amide bonds. The standard InChI is InChI=1S/C12H11NO4/c1-6(2)10(14)7-3-4-9-8(5-7)11(15)17-12(16)13-9/h3-6H,1-2H3,(H,13,16). The number of Topliss-reactive ketones (excluding diaryl/α,β-unsaturated/α-hetero) is 1. The van der Waals surface area contributed by atoms with E-state index < -0.39 is 11.4 Å². The molecule has 0 atom stereocenters. The van der Waals surface area contributed by atoms with E-state index in [1.54, 1.807) is 19.9 Å². The minimum absolute atomic E-state index is 0.0579. The van der Waals surface area contributed by atoms with Crippen molar-refractivity contribution in [2.24, 2.45) is 5.92 Å². The zero-order valence-corrected chi connectivity index (χ0v) is 9.44. The third kappa shape index (κ3) is 2.04. The summed E-state index contributed by atoms with van der Waals surface area (Å²) in [5, 5.41) is 0.205. The number of hydrogen-bond donors (Lipinski definition) is 1. The molecular weight excluding hydrogens is 222 g/mol. The van der Waals surface area contributed by atoms with Crippen LogP contribution < -0.4 is 11.4 Å². The lowest BCUT2D eigenvalue weighted by Crippen LogP contribution is -2.15. The number of rotatable bonds is 2. The molecule has 1 N–H and O–H groups in total. The molecule has 5 heteroatoms. The molecule has 2 rings (SSSR count). The predicted molar refractivity (Wildman–Crippen MR) is 62.3 cm³/mol. The quantitative estimate of drug-likeness (QED) is 0.793. The maximum absolute atomic E-state index is 11.8. The summed E-state index contributed by atoms with van der Waals surface area (Å²) in [4.78, 5) is 36.5. The first kappa shape index (κ1) is 11.3. The van der Waals surface area contributed by atoms with Crippen LogP contribution in [0.25, 0.3) is 10.9 Å². The predicted octanol–water partition coefficient (Wildman–Crippen LogP) is 1.32. The Labute approximate surface area is 96.1 Å². The first-order chi connectivity index (χ1) is 7.99. The summed E-state index contributed by atoms with van der Waals surface area (Å²) in [5.74, 6) is -1.01. The van der Waals surface area contributed by atoms with Crippen molar-refractivity contribution >= 4 is 16.7 Å². The Balaban J connectivity index is 2.70. The van der Waals surface area contributed by atoms with Gasteiger partial charge in [0.15, 0.2) is 5.78 Å². The molecule has 2 aromatic rings. The van der Waals surface area contributed by atoms with Crippen molar-refractivity contribution in [1.29, 1.82) is 0 Å². The van der Waals surface area contributed by atoms with E-state index in [0.717, 1.165) is 0 Å². The fourth-order valence-electron chi connectivity index (χ4n) is 1.58. The second-order valence-corrected chi connectivity index (χ2v) is 4.08. The van der Waals surface area contributed by atoms with Gasteiger partial charge in [-0.05, 0) is 18.2 Å². The number of aromatic amines is 1. The molecule has 0 unspecified atom stereocenters. The number of ketones is 1. The molecule has 1 aromatic heterocycles. The van der Waals surface area contributed by atoms with Gasteiger partial charge in [-0.3, -0.25) is 9.78 Å². The van der Waals surface area contributed by atoms with Gasteiger partial charge in [0, 0.05) is 11.5 Å². The van der Waals surface area contributed by atoms with E-state index in [0.29, 0.717) is 11.1 Å². The van der Waals surface area contributed by atoms with Crippen molar-refractivity contribution in [3.05, 3.63) is 44.7 Å². The van der Waals surface area contributed by atoms with Crippen molar-refractivity contribution in [1.82, 2.24) is 4.98 Å². The Bertz CT molecular complexity index is 693. The highest BCUT2D eigenvalue weighted by Crippen LogP contribution is 2.13. The van der Waals surface area contributed by atoms with Crippen LogP contribution in [0.3, 0.4) is 0 Å². The van der Waals surface area contributed by atoms with Gasteiger partial charge in [0.25, 0.3) is 0 Å². The third-order valence-electron chi connectivity index (χ3n) is 2.47. The molecule has 1 aromatic carbocycles. The van der Waals surface area contributed by atoms with Crippen LogP contribution in [0.5, 0.6) is 0 Å². The molecule has 0 aliphatic carbocycles. The Morgan fingerprint density at radius 3 is 2.65 bits per heavy atom. The number of aromatic nitrogens is 1. The lowest BCUT2D eigenvalue weighted by molar-refractivity contribution is 0.0939. The number of fused-ring (bicyclic) bond motifs is 1. The average molecular weight is 233 g/mol. The van der Waals surface area contributed by atoms with Crippen molar-refractivity contribution in [3.63, 3.8) is 0 Å². The highest BCUT2D eigenvalue weighted by Gasteiger charge is 2.12. The van der Waals surface area contributed by atoms with Crippen LogP contribution in [0.15, 0.2) is 32.2 Å². The monoisotopic (exact) mass is 233 g/mol. The molecule has 0 radical (unpaired) electrons. The molecule has 0 saturated carbocycles. The first-order valence-corrected chi connectivity index (χ1v) is 5.20. The lowest BCUT2D eigenvalue weighted by atomic mass is 10.00. The molecule has 17 heavy (non-hydrogen) atoms. The number of hydrogen-bond acceptors (Lipinski definition) is 4. The van der Waals surface area contributed by atoms with E-state index in [9.17, 15) is 14.4 Å². The summed E-state index contributed by atoms with van der Waals surface area (Å²) >= 11 is 0. The highest BCUT2D eigenvalue weighted by molar-refractivity contribution is 6.00. The average Bonchev–Trinajstić information content (AvgIpc) is 2.27. The van der Waals surface area contributed by atoms with E-state index in [1.165, 1.54) is 12.1 Å². The van der Waals surface area contributed by atoms with Crippen molar-refractivity contribution in [3.8, 4) is 0 Å². The third-order valence-corrected chi connectivity index (χ3v) is 2.47. The van der Waals surface area contributed by atoms with Gasteiger partial charge >= 0.3 is 11.4 Å². The maximum atomic E-state index is 11.8. The molecule has 1 heterocycles. The molecule has 0 aliphatic heterocycles. The van der Waals surface area contributed by atoms with Crippen LogP contribution in [0.4, 0.5) is 0 Å². The molecule has 88 valence electrons. The van der Waals surface area contributed by atoms with Gasteiger partial charge < -0.3 is 4.42 Å². The second kappa shape index (κ2) is 4.01. The smallest absolute Gasteiger partial charge is 0.372 e. The zero-order valence-electron chi connectivity index (χ0n) is 9.44. The normalized spacial score (nSPS) is 11.0. The number of carbonyl (C=O) groups excluding carboxylic acids is 1. The number of carbonyl (C=O) groups is 1. The highest BCUT2D eigenvalue weighted by atomic mass is 16.4. The molecule has 0 saturated heterocycles. The summed E-state index contributed by atoms with van der Waals surface area (Å²) < 4.78 is 4.41. The van der Waals surface area contributed by atoms with Crippen molar-refractivity contribution in [2.45, 2.75) is 13.8 Å². The summed E-state index contributed by atoms with van der Waals surface area (Å²) in [6, 6.07) is 4.56. The fourth-order valence-corrected chi connectivity index (χ4v) is 1.58. The second-order valence-electron chi connectivity index (χ2n) is 4.08. The molecule has 0 aliphatic rings. The summed E-state index contributed by atoms with van der Waals surface area (Å²) in [6.45, 7) is 3.56. The van der Waals surface area contributed by atoms with E-state index in [4.69, 9.17) is 0 Å². The van der Waals surface area contributed by atoms with E-state index in [1.807, 2.05) is 0 Å². The van der Waals surface area contributed by atoms with Crippen LogP contribution in [0.2, 0.25) is 0 Å². The Morgan fingerprint density at radius 2 is 2.00 bits per heavy atom. The Kier molecular flexibility index (Phi) is 2.67. The largest absolute Gasteiger partial charge is 0.419 e. The van der Waals surface area contributed by atoms with Crippen LogP contribution >= 0.6 is 0 Å². The number of benzene rings is 1. The van der Waals surface area contributed by atoms with Gasteiger partial charge in [0.2, 0.25) is 0 Å². The first-order valence-electron chi connectivity index (χ1n) is 5.20. The summed E-state index contributed by atoms with van der Waals surface area (Å²) in [6.07, 6.45) is 0. The summed E-state index contributed by atoms with van der Waals surface area (Å²) in [5.41, 5.74) is 0.0700. The van der Waals surface area contributed by atoms with Crippen LogP contribution in [0, 0.1) is 5.92 Å². The van der Waals surface area contributed by atoms with E-state index in [2.05, 4.69) is 9.40 Å². The SMILES string of the molecule is CC(C)C(=O)c1ccc2[nH]c(=O)oc(=O)c2c1. The fraction of sp³-hybridized carbons (Fsp3) is 0.250. The van der Waals surface area contributed by atoms with Gasteiger partial charge in [-0.1, -0.05) is 13.8 Å². The van der Waals surface area contributed by atoms with Gasteiger partial charge in [-0.25, -0.2) is 9.59 Å². The minimum atomic E-state index is -0.801. The molecule has 0 bridgehead atoms. The van der Waals surface area contributed by atoms with Crippen LogP contribution in [-0.4, -0.2) is 10.8 Å². The lowest BCUT2D eigenvalue weighted by Gasteiger charge is -2.04. The molecular formula is C12H11NO4. The Hall–Kier alpha value is -2.17. The maximum Gasteiger partial charge on any atom is 0.419 e. The van der Waals surface area contributed by atoms with E-state index >= 15 is 0 Å². The molecule has 5 nitrogen and oxygen atoms in total. The van der Waals surface area contributed by atoms with Gasteiger partial charge in [-0.15, -0.1) is 0 Å². The van der Waals surface area contributed by atoms with Crippen molar-refractivity contribution < 1.29 is 9.21 Å². The minimum Gasteiger partial charge on any atom is -0.372 e. The zero-order chi connectivity index (χ0) is 12.6. The van der Waals surface area contributed by atoms with Crippen LogP contribution in [-0.2, 0) is 0 Å².